The van der Waals surface area contributed by atoms with Crippen molar-refractivity contribution >= 4 is 21.8 Å². The number of carbonyl (C=O) groups is 2. The Morgan fingerprint density at radius 1 is 0.656 bits per heavy atom. The number of hydrogen-bond donors (Lipinski definition) is 0. The van der Waals surface area contributed by atoms with Crippen LogP contribution in [0.3, 0.4) is 0 Å². The zero-order chi connectivity index (χ0) is 22.9. The molecule has 0 aliphatic rings. The number of hydrogen-bond acceptors (Lipinski definition) is 3. The third-order valence-electron chi connectivity index (χ3n) is 5.55. The van der Waals surface area contributed by atoms with Crippen LogP contribution in [0.1, 0.15) is 79.1 Å². The lowest BCUT2D eigenvalue weighted by Gasteiger charge is -2.16. The summed E-state index contributed by atoms with van der Waals surface area (Å²) in [4.78, 5) is 23.9. The molecule has 0 aliphatic heterocycles. The van der Waals surface area contributed by atoms with Crippen LogP contribution >= 0.6 is 9.90 Å². The maximum Gasteiger partial charge on any atom is 0.316 e. The lowest BCUT2D eigenvalue weighted by Crippen LogP contribution is -2.25. The van der Waals surface area contributed by atoms with E-state index in [-0.39, 0.29) is 33.7 Å². The van der Waals surface area contributed by atoms with Crippen molar-refractivity contribution < 1.29 is 14.3 Å². The summed E-state index contributed by atoms with van der Waals surface area (Å²) in [5.41, 5.74) is 2.55. The summed E-state index contributed by atoms with van der Waals surface area (Å²) in [6.07, 6.45) is 7.28. The summed E-state index contributed by atoms with van der Waals surface area (Å²) >= 11 is 0. The fraction of sp³-hybridized carbons (Fsp3) is 0.500. The van der Waals surface area contributed by atoms with Gasteiger partial charge in [-0.25, -0.2) is 0 Å². The van der Waals surface area contributed by atoms with Crippen LogP contribution in [-0.4, -0.2) is 11.9 Å². The molecule has 0 saturated heterocycles. The van der Waals surface area contributed by atoms with Gasteiger partial charge in [0.1, 0.15) is 0 Å². The molecule has 4 heteroatoms. The summed E-state index contributed by atoms with van der Waals surface area (Å²) in [5.74, 6) is -0.882. The molecule has 0 spiro atoms. The molecule has 2 rings (SSSR count). The van der Waals surface area contributed by atoms with Gasteiger partial charge < -0.3 is 4.74 Å². The van der Waals surface area contributed by atoms with Gasteiger partial charge in [0.25, 0.3) is 0 Å². The standard InChI is InChI=1S/C16H30O3.C12H10.H3P/c1-5-9-11-13(7-3)15(17)19-16(18)14(8-4)12-10-6-2;1-3-7-11(8-4-1)12-9-5-2-6-10-12;/h13-14H,5-12H2,1-4H3;1-10H;1H3. The molecule has 3 atom stereocenters. The van der Waals surface area contributed by atoms with Gasteiger partial charge in [-0.05, 0) is 36.8 Å². The average Bonchev–Trinajstić information content (AvgIpc) is 2.81. The van der Waals surface area contributed by atoms with E-state index in [0.717, 1.165) is 51.4 Å². The van der Waals surface area contributed by atoms with Crippen molar-refractivity contribution in [3.05, 3.63) is 60.7 Å². The van der Waals surface area contributed by atoms with Gasteiger partial charge in [-0.2, -0.15) is 9.90 Å². The normalized spacial score (nSPS) is 11.9. The van der Waals surface area contributed by atoms with Crippen LogP contribution in [-0.2, 0) is 14.3 Å². The molecule has 0 N–H and O–H groups in total. The summed E-state index contributed by atoms with van der Waals surface area (Å²) in [5, 5.41) is 0. The van der Waals surface area contributed by atoms with E-state index in [4.69, 9.17) is 4.74 Å². The largest absolute Gasteiger partial charge is 0.393 e. The molecular weight excluding hydrogens is 415 g/mol. The second kappa shape index (κ2) is 18.6. The number of rotatable bonds is 11. The molecule has 0 bridgehead atoms. The number of unbranched alkanes of at least 4 members (excludes halogenated alkanes) is 2. The summed E-state index contributed by atoms with van der Waals surface area (Å²) in [7, 11) is 0. The highest BCUT2D eigenvalue weighted by Gasteiger charge is 2.24. The van der Waals surface area contributed by atoms with E-state index in [9.17, 15) is 9.59 Å². The molecule has 0 aliphatic carbocycles. The smallest absolute Gasteiger partial charge is 0.316 e. The van der Waals surface area contributed by atoms with Crippen molar-refractivity contribution in [2.24, 2.45) is 11.8 Å². The molecule has 0 fully saturated rings. The van der Waals surface area contributed by atoms with Gasteiger partial charge in [0.2, 0.25) is 0 Å². The molecule has 2 aromatic carbocycles. The Bertz CT molecular complexity index is 667. The minimum absolute atomic E-state index is 0. The quantitative estimate of drug-likeness (QED) is 0.195. The molecule has 32 heavy (non-hydrogen) atoms. The Kier molecular flexibility index (Phi) is 17.4. The van der Waals surface area contributed by atoms with Crippen molar-refractivity contribution in [3.8, 4) is 11.1 Å². The van der Waals surface area contributed by atoms with Crippen LogP contribution in [0.25, 0.3) is 11.1 Å². The van der Waals surface area contributed by atoms with Crippen molar-refractivity contribution in [2.75, 3.05) is 0 Å². The molecule has 2 aromatic rings. The minimum atomic E-state index is -0.323. The van der Waals surface area contributed by atoms with Gasteiger partial charge in [-0.1, -0.05) is 114 Å². The maximum absolute atomic E-state index is 11.9. The molecule has 0 radical (unpaired) electrons. The first-order valence-electron chi connectivity index (χ1n) is 11.9. The Morgan fingerprint density at radius 3 is 1.28 bits per heavy atom. The first-order chi connectivity index (χ1) is 15.1. The fourth-order valence-corrected chi connectivity index (χ4v) is 3.41. The Balaban J connectivity index is 0.000000631. The Morgan fingerprint density at radius 2 is 1.00 bits per heavy atom. The highest BCUT2D eigenvalue weighted by molar-refractivity contribution is 6.92. The van der Waals surface area contributed by atoms with Crippen molar-refractivity contribution in [2.45, 2.75) is 79.1 Å². The zero-order valence-electron chi connectivity index (χ0n) is 20.5. The van der Waals surface area contributed by atoms with Gasteiger partial charge in [0, 0.05) is 0 Å². The van der Waals surface area contributed by atoms with Crippen LogP contribution < -0.4 is 0 Å². The number of carbonyl (C=O) groups excluding carboxylic acids is 2. The van der Waals surface area contributed by atoms with Gasteiger partial charge in [-0.15, -0.1) is 0 Å². The van der Waals surface area contributed by atoms with Crippen molar-refractivity contribution in [1.29, 1.82) is 0 Å². The van der Waals surface area contributed by atoms with Gasteiger partial charge in [0.15, 0.2) is 0 Å². The molecule has 0 saturated carbocycles. The third-order valence-corrected chi connectivity index (χ3v) is 5.55. The lowest BCUT2D eigenvalue weighted by atomic mass is 9.98. The van der Waals surface area contributed by atoms with E-state index >= 15 is 0 Å². The van der Waals surface area contributed by atoms with Crippen molar-refractivity contribution in [1.82, 2.24) is 0 Å². The van der Waals surface area contributed by atoms with Crippen LogP contribution in [0.15, 0.2) is 60.7 Å². The number of ether oxygens (including phenoxy) is 1. The average molecular weight is 459 g/mol. The molecule has 178 valence electrons. The predicted molar refractivity (Wildman–Crippen MR) is 141 cm³/mol. The predicted octanol–water partition coefficient (Wildman–Crippen LogP) is 7.90. The van der Waals surface area contributed by atoms with Crippen LogP contribution in [0.2, 0.25) is 0 Å². The van der Waals surface area contributed by atoms with Gasteiger partial charge in [-0.3, -0.25) is 9.59 Å². The topological polar surface area (TPSA) is 43.4 Å². The molecule has 3 nitrogen and oxygen atoms in total. The highest BCUT2D eigenvalue weighted by atomic mass is 31.0. The van der Waals surface area contributed by atoms with E-state index < -0.39 is 0 Å². The molecular formula is C28H43O3P. The van der Waals surface area contributed by atoms with Gasteiger partial charge >= 0.3 is 11.9 Å². The molecule has 0 aromatic heterocycles. The molecule has 3 unspecified atom stereocenters. The summed E-state index contributed by atoms with van der Waals surface area (Å²) in [6, 6.07) is 20.8. The SMILES string of the molecule is CCCCC(CC)C(=O)OC(=O)C(CC)CCCC.P.c1ccc(-c2ccccc2)cc1. The zero-order valence-corrected chi connectivity index (χ0v) is 21.9. The fourth-order valence-electron chi connectivity index (χ4n) is 3.41. The third kappa shape index (κ3) is 11.6. The highest BCUT2D eigenvalue weighted by Crippen LogP contribution is 2.19. The number of benzene rings is 2. The first-order valence-corrected chi connectivity index (χ1v) is 11.9. The maximum atomic E-state index is 11.9. The van der Waals surface area contributed by atoms with Crippen LogP contribution in [0.4, 0.5) is 0 Å². The van der Waals surface area contributed by atoms with E-state index in [0.29, 0.717) is 0 Å². The minimum Gasteiger partial charge on any atom is -0.393 e. The second-order valence-electron chi connectivity index (χ2n) is 7.97. The van der Waals surface area contributed by atoms with E-state index in [1.807, 2.05) is 26.0 Å². The van der Waals surface area contributed by atoms with E-state index in [1.54, 1.807) is 0 Å². The monoisotopic (exact) mass is 458 g/mol. The first kappa shape index (κ1) is 30.0. The van der Waals surface area contributed by atoms with E-state index in [2.05, 4.69) is 62.4 Å². The molecule has 0 amide bonds. The van der Waals surface area contributed by atoms with Crippen LogP contribution in [0, 0.1) is 11.8 Å². The molecule has 0 heterocycles. The lowest BCUT2D eigenvalue weighted by molar-refractivity contribution is -0.166. The summed E-state index contributed by atoms with van der Waals surface area (Å²) < 4.78 is 5.07. The van der Waals surface area contributed by atoms with Crippen molar-refractivity contribution in [3.63, 3.8) is 0 Å². The summed E-state index contributed by atoms with van der Waals surface area (Å²) in [6.45, 7) is 8.14. The van der Waals surface area contributed by atoms with Crippen LogP contribution in [0.5, 0.6) is 0 Å². The van der Waals surface area contributed by atoms with Gasteiger partial charge in [0.05, 0.1) is 11.8 Å². The second-order valence-corrected chi connectivity index (χ2v) is 7.97. The van der Waals surface area contributed by atoms with E-state index in [1.165, 1.54) is 11.1 Å². The Labute approximate surface area is 199 Å². The Hall–Kier alpha value is -1.99. The number of esters is 2.